The summed E-state index contributed by atoms with van der Waals surface area (Å²) in [6.07, 6.45) is 5.07. The number of amides is 2. The first-order valence-electron chi connectivity index (χ1n) is 15.2. The van der Waals surface area contributed by atoms with Crippen LogP contribution in [0.25, 0.3) is 0 Å². The average molecular weight is 599 g/mol. The molecule has 232 valence electrons. The Balaban J connectivity index is 1.49. The van der Waals surface area contributed by atoms with Crippen LogP contribution < -0.4 is 5.32 Å². The Morgan fingerprint density at radius 3 is 2.07 bits per heavy atom. The quantitative estimate of drug-likeness (QED) is 0.236. The van der Waals surface area contributed by atoms with E-state index in [1.165, 1.54) is 0 Å². The Hall–Kier alpha value is -4.27. The number of hydrogen-bond donors (Lipinski definition) is 2. The third-order valence-corrected chi connectivity index (χ3v) is 7.60. The molecule has 8 nitrogen and oxygen atoms in total. The lowest BCUT2D eigenvalue weighted by Crippen LogP contribution is -2.46. The van der Waals surface area contributed by atoms with E-state index in [0.717, 1.165) is 16.7 Å². The molecule has 0 bridgehead atoms. The van der Waals surface area contributed by atoms with Gasteiger partial charge < -0.3 is 24.8 Å². The maximum absolute atomic E-state index is 13.6. The number of benzene rings is 3. The maximum Gasteiger partial charge on any atom is 0.309 e. The van der Waals surface area contributed by atoms with Crippen molar-refractivity contribution in [2.24, 2.45) is 11.8 Å². The molecule has 0 saturated carbocycles. The molecular formula is C36H42N2O6. The number of aliphatic hydroxyl groups excluding tert-OH is 1. The second-order valence-electron chi connectivity index (χ2n) is 11.1. The maximum atomic E-state index is 13.6. The standard InChI is InChI=1S/C36H42N2O6/c39-21-20-38(24-29-14-6-2-7-15-29)34(40)23-31-18-10-11-19-32(22-28-12-4-1-5-13-28)36(42)44-27-33(37-35(31)41)26-43-25-30-16-8-3-9-17-30/h1-17,31-33,39H,18-27H2,(H,37,41)/t31-,32+,33+/m1/s1. The molecule has 3 aromatic rings. The van der Waals surface area contributed by atoms with Crippen molar-refractivity contribution in [3.63, 3.8) is 0 Å². The van der Waals surface area contributed by atoms with Crippen molar-refractivity contribution in [3.05, 3.63) is 120 Å². The Morgan fingerprint density at radius 1 is 0.841 bits per heavy atom. The molecule has 1 aliphatic heterocycles. The second kappa shape index (κ2) is 17.8. The predicted octanol–water partition coefficient (Wildman–Crippen LogP) is 4.47. The zero-order chi connectivity index (χ0) is 31.0. The highest BCUT2D eigenvalue weighted by molar-refractivity contribution is 5.86. The van der Waals surface area contributed by atoms with Crippen LogP contribution >= 0.6 is 0 Å². The van der Waals surface area contributed by atoms with Crippen molar-refractivity contribution in [3.8, 4) is 0 Å². The summed E-state index contributed by atoms with van der Waals surface area (Å²) in [7, 11) is 0. The molecule has 3 aromatic carbocycles. The van der Waals surface area contributed by atoms with Crippen molar-refractivity contribution >= 4 is 17.8 Å². The topological polar surface area (TPSA) is 105 Å². The molecule has 0 aromatic heterocycles. The van der Waals surface area contributed by atoms with E-state index < -0.39 is 12.0 Å². The molecule has 1 heterocycles. The number of allylic oxidation sites excluding steroid dienone is 2. The summed E-state index contributed by atoms with van der Waals surface area (Å²) < 4.78 is 11.7. The zero-order valence-electron chi connectivity index (χ0n) is 25.1. The minimum Gasteiger partial charge on any atom is -0.463 e. The van der Waals surface area contributed by atoms with Gasteiger partial charge in [-0.2, -0.15) is 0 Å². The Morgan fingerprint density at radius 2 is 1.43 bits per heavy atom. The van der Waals surface area contributed by atoms with Gasteiger partial charge in [-0.15, -0.1) is 0 Å². The highest BCUT2D eigenvalue weighted by Crippen LogP contribution is 2.19. The number of nitrogens with zero attached hydrogens (tertiary/aromatic N) is 1. The van der Waals surface area contributed by atoms with Gasteiger partial charge in [-0.05, 0) is 36.0 Å². The van der Waals surface area contributed by atoms with Gasteiger partial charge >= 0.3 is 5.97 Å². The summed E-state index contributed by atoms with van der Waals surface area (Å²) in [4.78, 5) is 41.8. The summed E-state index contributed by atoms with van der Waals surface area (Å²) in [5.41, 5.74) is 2.97. The fourth-order valence-corrected chi connectivity index (χ4v) is 5.17. The van der Waals surface area contributed by atoms with Gasteiger partial charge in [-0.1, -0.05) is 103 Å². The summed E-state index contributed by atoms with van der Waals surface area (Å²) >= 11 is 0. The largest absolute Gasteiger partial charge is 0.463 e. The van der Waals surface area contributed by atoms with Crippen molar-refractivity contribution in [1.82, 2.24) is 10.2 Å². The van der Waals surface area contributed by atoms with E-state index in [0.29, 0.717) is 32.4 Å². The normalized spacial score (nSPS) is 19.2. The summed E-state index contributed by atoms with van der Waals surface area (Å²) in [6.45, 7) is 0.781. The van der Waals surface area contributed by atoms with Crippen molar-refractivity contribution < 1.29 is 29.0 Å². The van der Waals surface area contributed by atoms with Gasteiger partial charge in [-0.25, -0.2) is 0 Å². The number of cyclic esters (lactones) is 1. The molecular weight excluding hydrogens is 556 g/mol. The number of carbonyl (C=O) groups excluding carboxylic acids is 3. The molecule has 0 unspecified atom stereocenters. The van der Waals surface area contributed by atoms with Gasteiger partial charge in [0.2, 0.25) is 11.8 Å². The smallest absolute Gasteiger partial charge is 0.309 e. The van der Waals surface area contributed by atoms with E-state index in [9.17, 15) is 19.5 Å². The third-order valence-electron chi connectivity index (χ3n) is 7.60. The van der Waals surface area contributed by atoms with Crippen LogP contribution in [-0.4, -0.2) is 60.2 Å². The number of hydrogen-bond acceptors (Lipinski definition) is 6. The number of carbonyl (C=O) groups is 3. The minimum absolute atomic E-state index is 0.0200. The first-order chi connectivity index (χ1) is 21.5. The van der Waals surface area contributed by atoms with Crippen LogP contribution in [0.3, 0.4) is 0 Å². The van der Waals surface area contributed by atoms with Gasteiger partial charge in [0, 0.05) is 19.5 Å². The summed E-state index contributed by atoms with van der Waals surface area (Å²) in [5, 5.41) is 12.6. The Kier molecular flexibility index (Phi) is 13.2. The SMILES string of the molecule is O=C1N[C@@H](COCc2ccccc2)COC(=O)[C@H](Cc2ccccc2)CC=CC[C@@H]1CC(=O)N(CCO)Cc1ccccc1. The van der Waals surface area contributed by atoms with Gasteiger partial charge in [0.15, 0.2) is 0 Å². The lowest BCUT2D eigenvalue weighted by Gasteiger charge is -2.26. The molecule has 3 atom stereocenters. The highest BCUT2D eigenvalue weighted by atomic mass is 16.5. The number of rotatable bonds is 12. The minimum atomic E-state index is -0.643. The molecule has 0 radical (unpaired) electrons. The molecule has 0 aliphatic carbocycles. The highest BCUT2D eigenvalue weighted by Gasteiger charge is 2.28. The first-order valence-corrected chi connectivity index (χ1v) is 15.2. The first kappa shape index (κ1) is 32.6. The van der Waals surface area contributed by atoms with Crippen molar-refractivity contribution in [2.75, 3.05) is 26.4 Å². The van der Waals surface area contributed by atoms with Crippen LogP contribution in [-0.2, 0) is 43.4 Å². The number of ether oxygens (including phenoxy) is 2. The second-order valence-corrected chi connectivity index (χ2v) is 11.1. The van der Waals surface area contributed by atoms with E-state index in [1.54, 1.807) is 4.90 Å². The van der Waals surface area contributed by atoms with E-state index in [1.807, 2.05) is 103 Å². The Labute approximate surface area is 259 Å². The number of esters is 1. The van der Waals surface area contributed by atoms with E-state index in [4.69, 9.17) is 9.47 Å². The van der Waals surface area contributed by atoms with Crippen molar-refractivity contribution in [1.29, 1.82) is 0 Å². The third kappa shape index (κ3) is 10.8. The molecule has 4 rings (SSSR count). The van der Waals surface area contributed by atoms with Crippen LogP contribution in [0.15, 0.2) is 103 Å². The molecule has 0 fully saturated rings. The Bertz CT molecular complexity index is 1330. The zero-order valence-corrected chi connectivity index (χ0v) is 25.1. The van der Waals surface area contributed by atoms with E-state index in [2.05, 4.69) is 5.32 Å². The predicted molar refractivity (Wildman–Crippen MR) is 168 cm³/mol. The monoisotopic (exact) mass is 598 g/mol. The molecule has 2 N–H and O–H groups in total. The van der Waals surface area contributed by atoms with E-state index >= 15 is 0 Å². The van der Waals surface area contributed by atoms with Gasteiger partial charge in [0.05, 0.1) is 37.7 Å². The number of aliphatic hydroxyl groups is 1. The fraction of sp³-hybridized carbons (Fsp3) is 0.361. The van der Waals surface area contributed by atoms with Crippen LogP contribution in [0.1, 0.15) is 36.0 Å². The lowest BCUT2D eigenvalue weighted by molar-refractivity contribution is -0.150. The fourth-order valence-electron chi connectivity index (χ4n) is 5.17. The van der Waals surface area contributed by atoms with Gasteiger partial charge in [-0.3, -0.25) is 14.4 Å². The molecule has 8 heteroatoms. The van der Waals surface area contributed by atoms with Gasteiger partial charge in [0.25, 0.3) is 0 Å². The average Bonchev–Trinajstić information content (AvgIpc) is 3.04. The van der Waals surface area contributed by atoms with Crippen molar-refractivity contribution in [2.45, 2.75) is 44.9 Å². The molecule has 1 aliphatic rings. The van der Waals surface area contributed by atoms with Crippen LogP contribution in [0.5, 0.6) is 0 Å². The number of nitrogens with one attached hydrogen (secondary N) is 1. The molecule has 44 heavy (non-hydrogen) atoms. The summed E-state index contributed by atoms with van der Waals surface area (Å²) in [6, 6.07) is 28.5. The molecule has 0 saturated heterocycles. The van der Waals surface area contributed by atoms with Crippen LogP contribution in [0, 0.1) is 11.8 Å². The van der Waals surface area contributed by atoms with Crippen LogP contribution in [0.2, 0.25) is 0 Å². The van der Waals surface area contributed by atoms with Gasteiger partial charge in [0.1, 0.15) is 6.61 Å². The summed E-state index contributed by atoms with van der Waals surface area (Å²) in [5.74, 6) is -1.88. The van der Waals surface area contributed by atoms with Crippen LogP contribution in [0.4, 0.5) is 0 Å². The lowest BCUT2D eigenvalue weighted by atomic mass is 9.94. The molecule has 0 spiro atoms. The molecule has 2 amide bonds. The van der Waals surface area contributed by atoms with E-state index in [-0.39, 0.29) is 56.5 Å².